The number of aliphatic imine (C=N–C) groups is 1. The number of halogens is 1. The van der Waals surface area contributed by atoms with Crippen LogP contribution in [0.3, 0.4) is 0 Å². The third-order valence-corrected chi connectivity index (χ3v) is 6.84. The van der Waals surface area contributed by atoms with E-state index in [0.29, 0.717) is 6.04 Å². The van der Waals surface area contributed by atoms with Crippen molar-refractivity contribution in [1.29, 1.82) is 0 Å². The van der Waals surface area contributed by atoms with Crippen molar-refractivity contribution in [1.82, 2.24) is 15.1 Å². The first-order valence-electron chi connectivity index (χ1n) is 10.2. The van der Waals surface area contributed by atoms with Crippen molar-refractivity contribution in [3.05, 3.63) is 34.9 Å². The molecule has 0 amide bonds. The van der Waals surface area contributed by atoms with Gasteiger partial charge in [-0.1, -0.05) is 30.2 Å². The lowest BCUT2D eigenvalue weighted by Gasteiger charge is -2.43. The number of nitrogens with one attached hydrogen (secondary N) is 1. The Balaban J connectivity index is 1.36. The number of rotatable bonds is 4. The minimum Gasteiger partial charge on any atom is -0.379 e. The average molecular weight is 391 g/mol. The van der Waals surface area contributed by atoms with Gasteiger partial charge in [0.1, 0.15) is 0 Å². The van der Waals surface area contributed by atoms with Crippen molar-refractivity contribution in [2.24, 2.45) is 4.99 Å². The second-order valence-corrected chi connectivity index (χ2v) is 8.51. The first kappa shape index (κ1) is 19.0. The summed E-state index contributed by atoms with van der Waals surface area (Å²) in [6.45, 7) is 6.94. The Morgan fingerprint density at radius 3 is 2.59 bits per heavy atom. The van der Waals surface area contributed by atoms with Crippen LogP contribution in [0.25, 0.3) is 0 Å². The van der Waals surface area contributed by atoms with Gasteiger partial charge < -0.3 is 15.0 Å². The van der Waals surface area contributed by atoms with E-state index in [9.17, 15) is 0 Å². The van der Waals surface area contributed by atoms with E-state index in [1.54, 1.807) is 0 Å². The van der Waals surface area contributed by atoms with Crippen LogP contribution in [0.5, 0.6) is 0 Å². The third-order valence-electron chi connectivity index (χ3n) is 6.59. The van der Waals surface area contributed by atoms with Crippen LogP contribution in [0.1, 0.15) is 31.2 Å². The molecule has 6 heteroatoms. The highest BCUT2D eigenvalue weighted by Crippen LogP contribution is 2.43. The van der Waals surface area contributed by atoms with Crippen LogP contribution in [0.15, 0.2) is 29.3 Å². The summed E-state index contributed by atoms with van der Waals surface area (Å²) in [5.74, 6) is 1.05. The van der Waals surface area contributed by atoms with Gasteiger partial charge in [-0.25, -0.2) is 0 Å². The first-order valence-corrected chi connectivity index (χ1v) is 10.6. The topological polar surface area (TPSA) is 40.1 Å². The molecule has 2 saturated heterocycles. The Kier molecular flexibility index (Phi) is 5.90. The maximum Gasteiger partial charge on any atom is 0.193 e. The largest absolute Gasteiger partial charge is 0.379 e. The van der Waals surface area contributed by atoms with Gasteiger partial charge in [-0.05, 0) is 37.0 Å². The van der Waals surface area contributed by atoms with Gasteiger partial charge in [0, 0.05) is 56.3 Å². The quantitative estimate of drug-likeness (QED) is 0.634. The van der Waals surface area contributed by atoms with Crippen LogP contribution in [0.2, 0.25) is 5.02 Å². The summed E-state index contributed by atoms with van der Waals surface area (Å²) >= 11 is 6.08. The van der Waals surface area contributed by atoms with Gasteiger partial charge in [0.15, 0.2) is 5.96 Å². The van der Waals surface area contributed by atoms with Crippen LogP contribution < -0.4 is 5.32 Å². The van der Waals surface area contributed by atoms with Crippen LogP contribution >= 0.6 is 11.6 Å². The Bertz CT molecular complexity index is 653. The highest BCUT2D eigenvalue weighted by molar-refractivity contribution is 6.30. The van der Waals surface area contributed by atoms with Crippen molar-refractivity contribution < 1.29 is 4.74 Å². The molecular weight excluding hydrogens is 360 g/mol. The highest BCUT2D eigenvalue weighted by Gasteiger charge is 2.39. The molecular formula is C21H31ClN4O. The van der Waals surface area contributed by atoms with Gasteiger partial charge in [0.2, 0.25) is 0 Å². The maximum absolute atomic E-state index is 6.08. The molecule has 0 spiro atoms. The normalized spacial score (nSPS) is 26.1. The fourth-order valence-corrected chi connectivity index (χ4v) is 4.86. The number of likely N-dealkylation sites (tertiary alicyclic amines) is 1. The minimum absolute atomic E-state index is 0.226. The van der Waals surface area contributed by atoms with Gasteiger partial charge in [-0.2, -0.15) is 0 Å². The molecule has 0 aromatic heterocycles. The second kappa shape index (κ2) is 8.38. The molecule has 0 radical (unpaired) electrons. The molecule has 1 unspecified atom stereocenters. The average Bonchev–Trinajstić information content (AvgIpc) is 3.16. The van der Waals surface area contributed by atoms with Crippen LogP contribution in [0.4, 0.5) is 0 Å². The van der Waals surface area contributed by atoms with Crippen LogP contribution in [-0.2, 0) is 10.2 Å². The summed E-state index contributed by atoms with van der Waals surface area (Å²) in [7, 11) is 1.90. The minimum atomic E-state index is 0.226. The van der Waals surface area contributed by atoms with Gasteiger partial charge in [0.05, 0.1) is 13.2 Å². The predicted octanol–water partition coefficient (Wildman–Crippen LogP) is 2.74. The summed E-state index contributed by atoms with van der Waals surface area (Å²) in [5.41, 5.74) is 1.62. The van der Waals surface area contributed by atoms with E-state index in [0.717, 1.165) is 56.9 Å². The number of benzene rings is 1. The van der Waals surface area contributed by atoms with Crippen molar-refractivity contribution in [3.63, 3.8) is 0 Å². The fraction of sp³-hybridized carbons (Fsp3) is 0.667. The Morgan fingerprint density at radius 1 is 1.22 bits per heavy atom. The van der Waals surface area contributed by atoms with E-state index in [1.807, 2.05) is 19.2 Å². The number of ether oxygens (including phenoxy) is 1. The molecule has 1 aromatic carbocycles. The molecule has 2 heterocycles. The molecule has 3 aliphatic rings. The van der Waals surface area contributed by atoms with Crippen molar-refractivity contribution in [2.75, 3.05) is 53.0 Å². The zero-order valence-corrected chi connectivity index (χ0v) is 17.0. The van der Waals surface area contributed by atoms with E-state index in [-0.39, 0.29) is 5.41 Å². The molecule has 4 rings (SSSR count). The van der Waals surface area contributed by atoms with Crippen LogP contribution in [0, 0.1) is 0 Å². The monoisotopic (exact) mass is 390 g/mol. The summed E-state index contributed by atoms with van der Waals surface area (Å²) in [5, 5.41) is 4.50. The summed E-state index contributed by atoms with van der Waals surface area (Å²) in [6.07, 6.45) is 4.97. The lowest BCUT2D eigenvalue weighted by Crippen LogP contribution is -2.50. The summed E-state index contributed by atoms with van der Waals surface area (Å²) in [6, 6.07) is 9.03. The number of guanidine groups is 1. The molecule has 5 nitrogen and oxygen atoms in total. The standard InChI is InChI=1S/C21H31ClN4O/c1-23-20(26-10-7-19(15-26)25-11-13-27-14-12-25)24-16-21(8-2-9-21)17-3-5-18(22)6-4-17/h3-6,19H,2,7-16H2,1H3,(H,23,24). The van der Waals surface area contributed by atoms with E-state index in [4.69, 9.17) is 16.3 Å². The molecule has 2 aliphatic heterocycles. The molecule has 148 valence electrons. The van der Waals surface area contributed by atoms with Crippen molar-refractivity contribution in [2.45, 2.75) is 37.1 Å². The highest BCUT2D eigenvalue weighted by atomic mass is 35.5. The maximum atomic E-state index is 6.08. The molecule has 1 aliphatic carbocycles. The van der Waals surface area contributed by atoms with Crippen molar-refractivity contribution in [3.8, 4) is 0 Å². The predicted molar refractivity (Wildman–Crippen MR) is 111 cm³/mol. The number of hydrogen-bond donors (Lipinski definition) is 1. The zero-order valence-electron chi connectivity index (χ0n) is 16.3. The van der Waals surface area contributed by atoms with E-state index in [1.165, 1.54) is 31.2 Å². The Labute approximate surface area is 167 Å². The van der Waals surface area contributed by atoms with Crippen LogP contribution in [-0.4, -0.2) is 74.8 Å². The smallest absolute Gasteiger partial charge is 0.193 e. The number of morpholine rings is 1. The number of hydrogen-bond acceptors (Lipinski definition) is 3. The van der Waals surface area contributed by atoms with Gasteiger partial charge in [-0.15, -0.1) is 0 Å². The number of nitrogens with zero attached hydrogens (tertiary/aromatic N) is 3. The lowest BCUT2D eigenvalue weighted by molar-refractivity contribution is 0.0194. The van der Waals surface area contributed by atoms with E-state index < -0.39 is 0 Å². The Morgan fingerprint density at radius 2 is 1.96 bits per heavy atom. The second-order valence-electron chi connectivity index (χ2n) is 8.08. The molecule has 1 aromatic rings. The van der Waals surface area contributed by atoms with Gasteiger partial charge in [-0.3, -0.25) is 9.89 Å². The van der Waals surface area contributed by atoms with E-state index >= 15 is 0 Å². The molecule has 1 N–H and O–H groups in total. The molecule has 27 heavy (non-hydrogen) atoms. The SMILES string of the molecule is CN=C(NCC1(c2ccc(Cl)cc2)CCC1)N1CCC(N2CCOCC2)C1. The fourth-order valence-electron chi connectivity index (χ4n) is 4.73. The lowest BCUT2D eigenvalue weighted by atomic mass is 9.64. The van der Waals surface area contributed by atoms with Gasteiger partial charge in [0.25, 0.3) is 0 Å². The van der Waals surface area contributed by atoms with E-state index in [2.05, 4.69) is 32.2 Å². The molecule has 1 atom stereocenters. The molecule has 1 saturated carbocycles. The van der Waals surface area contributed by atoms with Crippen molar-refractivity contribution >= 4 is 17.6 Å². The Hall–Kier alpha value is -1.30. The first-order chi connectivity index (χ1) is 13.2. The zero-order chi connectivity index (χ0) is 18.7. The molecule has 0 bridgehead atoms. The third kappa shape index (κ3) is 4.10. The summed E-state index contributed by atoms with van der Waals surface area (Å²) < 4.78 is 5.50. The van der Waals surface area contributed by atoms with Gasteiger partial charge >= 0.3 is 0 Å². The molecule has 3 fully saturated rings. The summed E-state index contributed by atoms with van der Waals surface area (Å²) in [4.78, 5) is 9.59.